The van der Waals surface area contributed by atoms with E-state index in [0.717, 1.165) is 22.3 Å². The number of nitrogens with zero attached hydrogens (tertiary/aromatic N) is 3. The molecule has 0 unspecified atom stereocenters. The van der Waals surface area contributed by atoms with Crippen LogP contribution in [0.25, 0.3) is 10.2 Å². The van der Waals surface area contributed by atoms with Gasteiger partial charge < -0.3 is 10.1 Å². The molecule has 2 aromatic carbocycles. The van der Waals surface area contributed by atoms with E-state index in [9.17, 15) is 19.7 Å². The van der Waals surface area contributed by atoms with Crippen molar-refractivity contribution in [1.29, 1.82) is 5.26 Å². The molecule has 0 fully saturated rings. The van der Waals surface area contributed by atoms with Crippen molar-refractivity contribution in [3.63, 3.8) is 0 Å². The van der Waals surface area contributed by atoms with Gasteiger partial charge in [0.15, 0.2) is 6.61 Å². The van der Waals surface area contributed by atoms with Crippen molar-refractivity contribution in [1.82, 2.24) is 4.98 Å². The summed E-state index contributed by atoms with van der Waals surface area (Å²) in [5.41, 5.74) is 2.46. The van der Waals surface area contributed by atoms with Crippen molar-refractivity contribution in [3.05, 3.63) is 63.1 Å². The number of nitro groups is 1. The van der Waals surface area contributed by atoms with Crippen molar-refractivity contribution < 1.29 is 19.2 Å². The van der Waals surface area contributed by atoms with Gasteiger partial charge in [0.1, 0.15) is 6.07 Å². The van der Waals surface area contributed by atoms with Crippen LogP contribution in [0, 0.1) is 21.4 Å². The molecule has 0 bridgehead atoms. The largest absolute Gasteiger partial charge is 0.452 e. The molecular formula is C17H10N4O5S. The highest BCUT2D eigenvalue weighted by Crippen LogP contribution is 2.22. The van der Waals surface area contributed by atoms with Crippen LogP contribution in [-0.4, -0.2) is 28.4 Å². The summed E-state index contributed by atoms with van der Waals surface area (Å²) in [5.74, 6) is -1.35. The number of hydrogen-bond donors (Lipinski definition) is 1. The molecule has 3 aromatic rings. The van der Waals surface area contributed by atoms with Gasteiger partial charge in [-0.2, -0.15) is 5.26 Å². The topological polar surface area (TPSA) is 135 Å². The first-order chi connectivity index (χ1) is 13.0. The molecule has 0 aliphatic carbocycles. The van der Waals surface area contributed by atoms with E-state index >= 15 is 0 Å². The summed E-state index contributed by atoms with van der Waals surface area (Å²) in [6.45, 7) is -0.568. The summed E-state index contributed by atoms with van der Waals surface area (Å²) in [5, 5.41) is 22.2. The molecule has 3 rings (SSSR count). The van der Waals surface area contributed by atoms with Gasteiger partial charge in [-0.3, -0.25) is 14.9 Å². The van der Waals surface area contributed by atoms with E-state index in [-0.39, 0.29) is 22.5 Å². The number of benzene rings is 2. The summed E-state index contributed by atoms with van der Waals surface area (Å²) < 4.78 is 5.78. The summed E-state index contributed by atoms with van der Waals surface area (Å²) >= 11 is 1.38. The van der Waals surface area contributed by atoms with Gasteiger partial charge in [0, 0.05) is 12.1 Å². The van der Waals surface area contributed by atoms with Crippen LogP contribution in [0.3, 0.4) is 0 Å². The van der Waals surface area contributed by atoms with Crippen LogP contribution < -0.4 is 5.32 Å². The van der Waals surface area contributed by atoms with Gasteiger partial charge in [0.25, 0.3) is 11.6 Å². The van der Waals surface area contributed by atoms with Crippen molar-refractivity contribution in [2.45, 2.75) is 0 Å². The highest BCUT2D eigenvalue weighted by molar-refractivity contribution is 7.16. The Morgan fingerprint density at radius 2 is 2.11 bits per heavy atom. The molecular weight excluding hydrogens is 372 g/mol. The van der Waals surface area contributed by atoms with Gasteiger partial charge in [-0.15, -0.1) is 11.3 Å². The maximum Gasteiger partial charge on any atom is 0.338 e. The minimum atomic E-state index is -0.676. The fraction of sp³-hybridized carbons (Fsp3) is 0.0588. The first-order valence-corrected chi connectivity index (χ1v) is 8.34. The molecule has 0 saturated heterocycles. The fourth-order valence-corrected chi connectivity index (χ4v) is 2.95. The third-order valence-electron chi connectivity index (χ3n) is 3.51. The zero-order chi connectivity index (χ0) is 19.4. The predicted octanol–water partition coefficient (Wildman–Crippen LogP) is 2.87. The van der Waals surface area contributed by atoms with Crippen LogP contribution in [0.2, 0.25) is 0 Å². The van der Waals surface area contributed by atoms with E-state index in [1.807, 2.05) is 0 Å². The number of non-ortho nitro benzene ring substituents is 1. The molecule has 0 atom stereocenters. The lowest BCUT2D eigenvalue weighted by molar-refractivity contribution is -0.384. The molecule has 10 heteroatoms. The van der Waals surface area contributed by atoms with Crippen molar-refractivity contribution in [2.75, 3.05) is 11.9 Å². The monoisotopic (exact) mass is 382 g/mol. The van der Waals surface area contributed by atoms with Crippen LogP contribution in [0.1, 0.15) is 15.9 Å². The third kappa shape index (κ3) is 4.05. The molecule has 0 aliphatic rings. The molecule has 1 heterocycles. The van der Waals surface area contributed by atoms with Crippen LogP contribution in [0.4, 0.5) is 11.4 Å². The van der Waals surface area contributed by atoms with Crippen LogP contribution in [0.5, 0.6) is 0 Å². The number of nitro benzene ring substituents is 1. The Bertz CT molecular complexity index is 1100. The van der Waals surface area contributed by atoms with Gasteiger partial charge >= 0.3 is 5.97 Å². The van der Waals surface area contributed by atoms with Gasteiger partial charge in [-0.1, -0.05) is 0 Å². The lowest BCUT2D eigenvalue weighted by Gasteiger charge is -2.08. The van der Waals surface area contributed by atoms with Gasteiger partial charge in [0.05, 0.1) is 37.5 Å². The van der Waals surface area contributed by atoms with E-state index in [1.54, 1.807) is 29.8 Å². The van der Waals surface area contributed by atoms with E-state index in [1.165, 1.54) is 17.4 Å². The molecule has 0 spiro atoms. The minimum Gasteiger partial charge on any atom is -0.452 e. The molecule has 134 valence electrons. The number of carbonyl (C=O) groups is 2. The summed E-state index contributed by atoms with van der Waals surface area (Å²) in [4.78, 5) is 38.2. The molecule has 27 heavy (non-hydrogen) atoms. The van der Waals surface area contributed by atoms with Gasteiger partial charge in [0.2, 0.25) is 0 Å². The molecule has 0 radical (unpaired) electrons. The number of nitrogens with one attached hydrogen (secondary N) is 1. The maximum absolute atomic E-state index is 12.1. The van der Waals surface area contributed by atoms with Gasteiger partial charge in [-0.25, -0.2) is 9.78 Å². The predicted molar refractivity (Wildman–Crippen MR) is 96.3 cm³/mol. The number of amides is 1. The molecule has 1 amide bonds. The van der Waals surface area contributed by atoms with Crippen molar-refractivity contribution >= 4 is 44.8 Å². The lowest BCUT2D eigenvalue weighted by atomic mass is 10.1. The van der Waals surface area contributed by atoms with E-state index in [4.69, 9.17) is 10.00 Å². The number of aromatic nitrogens is 1. The lowest BCUT2D eigenvalue weighted by Crippen LogP contribution is -2.21. The number of hydrogen-bond acceptors (Lipinski definition) is 8. The SMILES string of the molecule is N#Cc1cc([N+](=O)[O-])ccc1NC(=O)COC(=O)c1ccc2ncsc2c1. The van der Waals surface area contributed by atoms with Crippen molar-refractivity contribution in [3.8, 4) is 6.07 Å². The number of carbonyl (C=O) groups excluding carboxylic acids is 2. The molecule has 0 aliphatic heterocycles. The number of fused-ring (bicyclic) bond motifs is 1. The van der Waals surface area contributed by atoms with Crippen molar-refractivity contribution in [2.24, 2.45) is 0 Å². The molecule has 9 nitrogen and oxygen atoms in total. The highest BCUT2D eigenvalue weighted by Gasteiger charge is 2.15. The number of rotatable bonds is 5. The quantitative estimate of drug-likeness (QED) is 0.407. The summed E-state index contributed by atoms with van der Waals surface area (Å²) in [7, 11) is 0. The Labute approximate surface area is 156 Å². The second kappa shape index (κ2) is 7.59. The molecule has 1 aromatic heterocycles. The Hall–Kier alpha value is -3.84. The van der Waals surface area contributed by atoms with E-state index in [2.05, 4.69) is 10.3 Å². The summed E-state index contributed by atoms with van der Waals surface area (Å²) in [6.07, 6.45) is 0. The normalized spacial score (nSPS) is 10.2. The Kier molecular flexibility index (Phi) is 5.05. The average Bonchev–Trinajstić information content (AvgIpc) is 3.14. The van der Waals surface area contributed by atoms with Crippen LogP contribution in [0.15, 0.2) is 41.9 Å². The van der Waals surface area contributed by atoms with E-state index < -0.39 is 23.4 Å². The zero-order valence-corrected chi connectivity index (χ0v) is 14.4. The first-order valence-electron chi connectivity index (χ1n) is 7.46. The van der Waals surface area contributed by atoms with Crippen LogP contribution in [-0.2, 0) is 9.53 Å². The zero-order valence-electron chi connectivity index (χ0n) is 13.5. The standard InChI is InChI=1S/C17H10N4O5S/c18-7-11-5-12(21(24)25)2-4-13(11)20-16(22)8-26-17(23)10-1-3-14-15(6-10)27-9-19-14/h1-6,9H,8H2,(H,20,22). The van der Waals surface area contributed by atoms with Gasteiger partial charge in [-0.05, 0) is 24.3 Å². The summed E-state index contributed by atoms with van der Waals surface area (Å²) in [6, 6.07) is 10.1. The van der Waals surface area contributed by atoms with E-state index in [0.29, 0.717) is 0 Å². The Balaban J connectivity index is 1.63. The molecule has 0 saturated carbocycles. The molecule has 1 N–H and O–H groups in total. The maximum atomic E-state index is 12.1. The number of nitriles is 1. The highest BCUT2D eigenvalue weighted by atomic mass is 32.1. The Morgan fingerprint density at radius 1 is 1.30 bits per heavy atom. The second-order valence-corrected chi connectivity index (χ2v) is 6.14. The first kappa shape index (κ1) is 18.0. The minimum absolute atomic E-state index is 0.0699. The average molecular weight is 382 g/mol. The number of esters is 1. The Morgan fingerprint density at radius 3 is 2.85 bits per heavy atom. The smallest absolute Gasteiger partial charge is 0.338 e. The second-order valence-electron chi connectivity index (χ2n) is 5.26. The fourth-order valence-electron chi connectivity index (χ4n) is 2.23. The number of anilines is 1. The number of thiazole rings is 1. The third-order valence-corrected chi connectivity index (χ3v) is 4.30. The van der Waals surface area contributed by atoms with Crippen LogP contribution >= 0.6 is 11.3 Å². The number of ether oxygens (including phenoxy) is 1.